The van der Waals surface area contributed by atoms with Gasteiger partial charge in [0.15, 0.2) is 6.10 Å². The molecule has 15 heteroatoms. The normalized spacial score (nSPS) is 38.8. The van der Waals surface area contributed by atoms with Crippen LogP contribution in [0.25, 0.3) is 10.9 Å². The van der Waals surface area contributed by atoms with Crippen LogP contribution in [0, 0.1) is 23.2 Å². The van der Waals surface area contributed by atoms with Crippen LogP contribution in [-0.2, 0) is 45.2 Å². The van der Waals surface area contributed by atoms with Gasteiger partial charge < -0.3 is 43.8 Å². The molecule has 332 valence electrons. The molecule has 3 aromatic rings. The lowest BCUT2D eigenvalue weighted by molar-refractivity contribution is -0.239. The number of carbonyl (C=O) groups is 4. The highest BCUT2D eigenvalue weighted by Crippen LogP contribution is 2.74. The smallest absolute Gasteiger partial charge is 0.496 e. The maximum absolute atomic E-state index is 14.7. The van der Waals surface area contributed by atoms with Crippen molar-refractivity contribution in [2.75, 3.05) is 66.1 Å². The van der Waals surface area contributed by atoms with Crippen LogP contribution in [0.15, 0.2) is 36.4 Å². The van der Waals surface area contributed by atoms with Gasteiger partial charge in [0, 0.05) is 71.6 Å². The molecular formula is C47H58N4O11. The van der Waals surface area contributed by atoms with Gasteiger partial charge in [-0.1, -0.05) is 32.0 Å². The van der Waals surface area contributed by atoms with Gasteiger partial charge in [-0.05, 0) is 91.6 Å². The molecule has 62 heavy (non-hydrogen) atoms. The van der Waals surface area contributed by atoms with Gasteiger partial charge in [-0.25, -0.2) is 9.59 Å². The second-order valence-electron chi connectivity index (χ2n) is 19.2. The third-order valence-electron chi connectivity index (χ3n) is 16.9. The number of hydrogen-bond acceptors (Lipinski definition) is 13. The summed E-state index contributed by atoms with van der Waals surface area (Å²) in [6, 6.07) is 10.3. The monoisotopic (exact) mass is 854 g/mol. The van der Waals surface area contributed by atoms with Crippen molar-refractivity contribution in [3.63, 3.8) is 0 Å². The molecule has 10 rings (SSSR count). The molecule has 0 radical (unpaired) electrons. The van der Waals surface area contributed by atoms with Crippen molar-refractivity contribution >= 4 is 41.1 Å². The third-order valence-corrected chi connectivity index (χ3v) is 16.9. The molecule has 15 nitrogen and oxygen atoms in total. The number of para-hydroxylation sites is 1. The topological polar surface area (TPSA) is 180 Å². The summed E-state index contributed by atoms with van der Waals surface area (Å²) in [5.41, 5.74) is -0.999. The molecule has 3 saturated heterocycles. The van der Waals surface area contributed by atoms with E-state index in [2.05, 4.69) is 26.9 Å². The summed E-state index contributed by atoms with van der Waals surface area (Å²) in [5, 5.41) is 26.8. The van der Waals surface area contributed by atoms with E-state index in [1.54, 1.807) is 13.2 Å². The molecule has 3 N–H and O–H groups in total. The summed E-state index contributed by atoms with van der Waals surface area (Å²) in [4.78, 5) is 66.2. The van der Waals surface area contributed by atoms with Gasteiger partial charge in [-0.2, -0.15) is 0 Å². The van der Waals surface area contributed by atoms with Gasteiger partial charge in [0.2, 0.25) is 12.0 Å². The number of aromatic amines is 1. The van der Waals surface area contributed by atoms with Crippen molar-refractivity contribution in [1.29, 1.82) is 0 Å². The van der Waals surface area contributed by atoms with E-state index in [0.29, 0.717) is 81.7 Å². The Bertz CT molecular complexity index is 2350. The molecule has 2 unspecified atom stereocenters. The zero-order chi connectivity index (χ0) is 43.7. The second kappa shape index (κ2) is 14.4. The van der Waals surface area contributed by atoms with Gasteiger partial charge >= 0.3 is 18.1 Å². The number of anilines is 1. The molecule has 2 aromatic carbocycles. The zero-order valence-electron chi connectivity index (χ0n) is 36.3. The Balaban J connectivity index is 1.26. The summed E-state index contributed by atoms with van der Waals surface area (Å²) < 4.78 is 28.7. The quantitative estimate of drug-likeness (QED) is 0.168. The molecule has 1 aromatic heterocycles. The number of nitrogens with one attached hydrogen (secondary N) is 1. The average Bonchev–Trinajstić information content (AvgIpc) is 3.71. The minimum atomic E-state index is -2.53. The number of aliphatic hydroxyl groups is 2. The Hall–Kier alpha value is -4.70. The van der Waals surface area contributed by atoms with Crippen LogP contribution in [0.1, 0.15) is 80.2 Å². The Morgan fingerprint density at radius 2 is 1.74 bits per heavy atom. The number of fused-ring (bicyclic) bond motifs is 8. The van der Waals surface area contributed by atoms with Crippen molar-refractivity contribution in [1.82, 2.24) is 14.8 Å². The first-order valence-corrected chi connectivity index (χ1v) is 22.2. The van der Waals surface area contributed by atoms with Crippen LogP contribution in [0.5, 0.6) is 5.75 Å². The lowest BCUT2D eigenvalue weighted by Crippen LogP contribution is -2.82. The largest absolute Gasteiger partial charge is 0.508 e. The Kier molecular flexibility index (Phi) is 9.60. The van der Waals surface area contributed by atoms with Crippen molar-refractivity contribution in [3.05, 3.63) is 58.8 Å². The van der Waals surface area contributed by atoms with E-state index in [4.69, 9.17) is 23.7 Å². The Morgan fingerprint density at radius 1 is 0.952 bits per heavy atom. The number of ether oxygens (including phenoxy) is 5. The first kappa shape index (κ1) is 41.3. The molecular weight excluding hydrogens is 797 g/mol. The van der Waals surface area contributed by atoms with Gasteiger partial charge in [0.1, 0.15) is 11.7 Å². The number of methoxy groups -OCH3 is 4. The fraction of sp³-hybridized carbons (Fsp3) is 0.617. The second-order valence-corrected chi connectivity index (χ2v) is 19.2. The standard InChI is InChI=1S/C47H58N4O11/c1-7-44(56)20-26-21-49(23-44)15-13-28-27-11-9-10-12-32(27)48-37(28)36(38(53)59-4)35(26)29-18-31-33(19-34(29)58-3)51(24-52)40-46(31)14-16-50-22-25-17-30(25)45(8-2,39(46)50)41(62-43(55)61-6)47(40,57)42(54)60-5/h9-12,18-19,24-26,30,35-36,39-41,48,56-57H,7-8,13-17,20-23H2,1-6H3/t25-,26+,30-,35?,36-,39+,40-,41-,44+,45-,46-,47+/m1/s1. The van der Waals surface area contributed by atoms with Crippen LogP contribution in [-0.4, -0.2) is 140 Å². The molecule has 1 amide bonds. The number of H-pyrrole nitrogens is 1. The van der Waals surface area contributed by atoms with Crippen molar-refractivity contribution in [2.24, 2.45) is 23.2 Å². The Labute approximate surface area is 360 Å². The van der Waals surface area contributed by atoms with E-state index in [0.717, 1.165) is 40.7 Å². The Morgan fingerprint density at radius 3 is 2.44 bits per heavy atom. The number of esters is 2. The van der Waals surface area contributed by atoms with Crippen LogP contribution in [0.3, 0.4) is 0 Å². The number of rotatable bonds is 8. The molecule has 6 heterocycles. The van der Waals surface area contributed by atoms with E-state index in [-0.39, 0.29) is 23.8 Å². The number of hydrogen-bond donors (Lipinski definition) is 3. The summed E-state index contributed by atoms with van der Waals surface area (Å²) in [7, 11) is 5.34. The lowest BCUT2D eigenvalue weighted by atomic mass is 9.46. The first-order chi connectivity index (χ1) is 29.8. The van der Waals surface area contributed by atoms with Crippen molar-refractivity contribution in [2.45, 2.75) is 99.0 Å². The van der Waals surface area contributed by atoms with E-state index in [1.165, 1.54) is 26.2 Å². The SMILES string of the molecule is CC[C@]1(O)C[C@H]2CN(CCc3c([nH]c4ccccc34)[C@H](C(=O)OC)C2c2cc3c(cc2OC)N(C=O)[C@H]2[C@@](O)(C(=O)OC)[C@H](OC(=O)OC)[C@]4(CC)[C@@H]5C[C@@H]5CN5CC[C@]32[C@@H]54)C1. The highest BCUT2D eigenvalue weighted by Gasteiger charge is 2.85. The molecule has 1 spiro atoms. The fourth-order valence-corrected chi connectivity index (χ4v) is 14.6. The summed E-state index contributed by atoms with van der Waals surface area (Å²) in [6.07, 6.45) is 1.50. The minimum absolute atomic E-state index is 0.000369. The van der Waals surface area contributed by atoms with Gasteiger partial charge in [-0.15, -0.1) is 0 Å². The molecule has 7 aliphatic rings. The maximum Gasteiger partial charge on any atom is 0.508 e. The number of benzene rings is 2. The average molecular weight is 855 g/mol. The van der Waals surface area contributed by atoms with E-state index in [1.807, 2.05) is 32.0 Å². The molecule has 2 aliphatic carbocycles. The number of amides is 1. The molecule has 2 saturated carbocycles. The van der Waals surface area contributed by atoms with Crippen molar-refractivity contribution < 1.29 is 53.1 Å². The molecule has 13 atom stereocenters. The summed E-state index contributed by atoms with van der Waals surface area (Å²) >= 11 is 0. The van der Waals surface area contributed by atoms with E-state index in [9.17, 15) is 29.4 Å². The summed E-state index contributed by atoms with van der Waals surface area (Å²) in [5.74, 6) is -2.51. The van der Waals surface area contributed by atoms with Crippen LogP contribution in [0.2, 0.25) is 0 Å². The zero-order valence-corrected chi connectivity index (χ0v) is 36.3. The predicted molar refractivity (Wildman–Crippen MR) is 225 cm³/mol. The highest BCUT2D eigenvalue weighted by molar-refractivity contribution is 5.93. The van der Waals surface area contributed by atoms with Crippen LogP contribution in [0.4, 0.5) is 10.5 Å². The lowest BCUT2D eigenvalue weighted by Gasteiger charge is -2.64. The van der Waals surface area contributed by atoms with Crippen LogP contribution < -0.4 is 9.64 Å². The van der Waals surface area contributed by atoms with Crippen LogP contribution >= 0.6 is 0 Å². The van der Waals surface area contributed by atoms with E-state index >= 15 is 0 Å². The molecule has 5 aliphatic heterocycles. The number of nitrogens with zero attached hydrogens (tertiary/aromatic N) is 3. The number of carbonyl (C=O) groups excluding carboxylic acids is 4. The molecule has 5 fully saturated rings. The van der Waals surface area contributed by atoms with Gasteiger partial charge in [-0.3, -0.25) is 19.4 Å². The predicted octanol–water partition coefficient (Wildman–Crippen LogP) is 4.01. The number of piperidine rings is 2. The minimum Gasteiger partial charge on any atom is -0.496 e. The highest BCUT2D eigenvalue weighted by atomic mass is 16.7. The van der Waals surface area contributed by atoms with Crippen molar-refractivity contribution in [3.8, 4) is 5.75 Å². The third kappa shape index (κ3) is 5.31. The number of aromatic nitrogens is 1. The summed E-state index contributed by atoms with van der Waals surface area (Å²) in [6.45, 7) is 7.18. The van der Waals surface area contributed by atoms with Gasteiger partial charge in [0.25, 0.3) is 0 Å². The molecule has 2 bridgehead atoms. The fourth-order valence-electron chi connectivity index (χ4n) is 14.6. The first-order valence-electron chi connectivity index (χ1n) is 22.2. The van der Waals surface area contributed by atoms with E-state index < -0.39 is 64.1 Å². The maximum atomic E-state index is 14.7. The van der Waals surface area contributed by atoms with Gasteiger partial charge in [0.05, 0.1) is 45.8 Å².